The molecule has 5 heteroatoms. The Hall–Kier alpha value is -1.59. The van der Waals surface area contributed by atoms with Crippen LogP contribution in [-0.2, 0) is 4.74 Å². The molecule has 0 radical (unpaired) electrons. The van der Waals surface area contributed by atoms with Crippen LogP contribution < -0.4 is 4.74 Å². The summed E-state index contributed by atoms with van der Waals surface area (Å²) in [5.41, 5.74) is 2.76. The molecule has 2 fully saturated rings. The molecule has 0 bridgehead atoms. The lowest BCUT2D eigenvalue weighted by Gasteiger charge is -2.45. The van der Waals surface area contributed by atoms with Crippen LogP contribution in [0.1, 0.15) is 27.9 Å². The number of ether oxygens (including phenoxy) is 2. The molecule has 1 amide bonds. The highest BCUT2D eigenvalue weighted by molar-refractivity contribution is 5.95. The number of carbonyl (C=O) groups is 1. The van der Waals surface area contributed by atoms with Crippen LogP contribution in [0.2, 0.25) is 0 Å². The molecular formula is C18H26N2O3. The third-order valence-electron chi connectivity index (χ3n) is 5.06. The molecule has 2 atom stereocenters. The van der Waals surface area contributed by atoms with Crippen molar-refractivity contribution in [3.8, 4) is 5.75 Å². The summed E-state index contributed by atoms with van der Waals surface area (Å²) >= 11 is 0. The van der Waals surface area contributed by atoms with Gasteiger partial charge >= 0.3 is 0 Å². The van der Waals surface area contributed by atoms with Crippen LogP contribution in [0.5, 0.6) is 5.75 Å². The Labute approximate surface area is 138 Å². The molecule has 1 aromatic rings. The van der Waals surface area contributed by atoms with Gasteiger partial charge in [-0.2, -0.15) is 0 Å². The lowest BCUT2D eigenvalue weighted by atomic mass is 9.97. The van der Waals surface area contributed by atoms with Crippen LogP contribution in [0.25, 0.3) is 0 Å². The molecule has 0 N–H and O–H groups in total. The van der Waals surface area contributed by atoms with Crippen molar-refractivity contribution in [3.63, 3.8) is 0 Å². The smallest absolute Gasteiger partial charge is 0.253 e. The van der Waals surface area contributed by atoms with Gasteiger partial charge in [-0.15, -0.1) is 0 Å². The van der Waals surface area contributed by atoms with Gasteiger partial charge in [-0.1, -0.05) is 0 Å². The summed E-state index contributed by atoms with van der Waals surface area (Å²) < 4.78 is 11.3. The molecule has 2 heterocycles. The molecule has 2 aliphatic rings. The van der Waals surface area contributed by atoms with E-state index >= 15 is 0 Å². The van der Waals surface area contributed by atoms with Crippen molar-refractivity contribution in [2.75, 3.05) is 40.4 Å². The number of hydrogen-bond donors (Lipinski definition) is 0. The first-order valence-electron chi connectivity index (χ1n) is 8.27. The predicted molar refractivity (Wildman–Crippen MR) is 89.1 cm³/mol. The molecular weight excluding hydrogens is 292 g/mol. The maximum absolute atomic E-state index is 12.9. The minimum absolute atomic E-state index is 0.108. The van der Waals surface area contributed by atoms with Gasteiger partial charge in [0.05, 0.1) is 25.9 Å². The number of piperidine rings is 1. The fourth-order valence-electron chi connectivity index (χ4n) is 3.80. The zero-order valence-corrected chi connectivity index (χ0v) is 14.5. The first-order valence-corrected chi connectivity index (χ1v) is 8.27. The lowest BCUT2D eigenvalue weighted by Crippen LogP contribution is -2.59. The first-order chi connectivity index (χ1) is 11.0. The second-order valence-electron chi connectivity index (χ2n) is 6.64. The normalized spacial score (nSPS) is 25.1. The standard InChI is InChI=1S/C18H26N2O3/c1-12-9-14(10-13(2)17(12)22-4)18(21)20-6-5-16-15(11-20)19(3)7-8-23-16/h9-10,15-16H,5-8,11H2,1-4H3/t15-,16-/m0/s1. The topological polar surface area (TPSA) is 42.0 Å². The number of morpholine rings is 1. The number of carbonyl (C=O) groups excluding carboxylic acids is 1. The molecule has 3 rings (SSSR count). The van der Waals surface area contributed by atoms with Gasteiger partial charge in [-0.05, 0) is 50.6 Å². The minimum Gasteiger partial charge on any atom is -0.496 e. The van der Waals surface area contributed by atoms with Crippen LogP contribution in [-0.4, -0.2) is 68.3 Å². The van der Waals surface area contributed by atoms with Crippen molar-refractivity contribution in [1.82, 2.24) is 9.80 Å². The largest absolute Gasteiger partial charge is 0.496 e. The number of aryl methyl sites for hydroxylation is 2. The number of benzene rings is 1. The molecule has 2 saturated heterocycles. The van der Waals surface area contributed by atoms with Crippen LogP contribution in [0.3, 0.4) is 0 Å². The highest BCUT2D eigenvalue weighted by Crippen LogP contribution is 2.27. The fourth-order valence-corrected chi connectivity index (χ4v) is 3.80. The summed E-state index contributed by atoms with van der Waals surface area (Å²) in [5, 5.41) is 0. The second kappa shape index (κ2) is 6.49. The number of rotatable bonds is 2. The zero-order valence-electron chi connectivity index (χ0n) is 14.5. The highest BCUT2D eigenvalue weighted by Gasteiger charge is 2.37. The number of likely N-dealkylation sites (N-methyl/N-ethyl adjacent to an activating group) is 1. The third-order valence-corrected chi connectivity index (χ3v) is 5.06. The summed E-state index contributed by atoms with van der Waals surface area (Å²) in [7, 11) is 3.79. The van der Waals surface area contributed by atoms with Gasteiger partial charge in [0.15, 0.2) is 0 Å². The predicted octanol–water partition coefficient (Wildman–Crippen LogP) is 1.86. The zero-order chi connectivity index (χ0) is 16.6. The van der Waals surface area contributed by atoms with Gasteiger partial charge in [0, 0.05) is 25.2 Å². The summed E-state index contributed by atoms with van der Waals surface area (Å²) in [6.45, 7) is 7.20. The quantitative estimate of drug-likeness (QED) is 0.835. The van der Waals surface area contributed by atoms with E-state index in [1.54, 1.807) is 7.11 Å². The fraction of sp³-hybridized carbons (Fsp3) is 0.611. The van der Waals surface area contributed by atoms with Crippen molar-refractivity contribution in [3.05, 3.63) is 28.8 Å². The van der Waals surface area contributed by atoms with Crippen molar-refractivity contribution < 1.29 is 14.3 Å². The van der Waals surface area contributed by atoms with E-state index in [-0.39, 0.29) is 12.0 Å². The van der Waals surface area contributed by atoms with E-state index < -0.39 is 0 Å². The number of nitrogens with zero attached hydrogens (tertiary/aromatic N) is 2. The Morgan fingerprint density at radius 1 is 1.26 bits per heavy atom. The number of amides is 1. The van der Waals surface area contributed by atoms with Crippen molar-refractivity contribution in [1.29, 1.82) is 0 Å². The van der Waals surface area contributed by atoms with E-state index in [4.69, 9.17) is 9.47 Å². The average Bonchev–Trinajstić information content (AvgIpc) is 2.54. The van der Waals surface area contributed by atoms with E-state index in [1.165, 1.54) is 0 Å². The Bertz CT molecular complexity index is 579. The van der Waals surface area contributed by atoms with Crippen LogP contribution in [0.4, 0.5) is 0 Å². The SMILES string of the molecule is COc1c(C)cc(C(=O)N2CC[C@@H]3OCCN(C)[C@H]3C2)cc1C. The Balaban J connectivity index is 1.78. The van der Waals surface area contributed by atoms with Crippen molar-refractivity contribution in [2.45, 2.75) is 32.4 Å². The van der Waals surface area contributed by atoms with Crippen molar-refractivity contribution >= 4 is 5.91 Å². The number of methoxy groups -OCH3 is 1. The average molecular weight is 318 g/mol. The van der Waals surface area contributed by atoms with Gasteiger partial charge < -0.3 is 14.4 Å². The Morgan fingerprint density at radius 2 is 1.96 bits per heavy atom. The highest BCUT2D eigenvalue weighted by atomic mass is 16.5. The number of fused-ring (bicyclic) bond motifs is 1. The molecule has 2 aliphatic heterocycles. The van der Waals surface area contributed by atoms with Gasteiger partial charge in [0.2, 0.25) is 0 Å². The molecule has 0 aromatic heterocycles. The molecule has 0 unspecified atom stereocenters. The van der Waals surface area contributed by atoms with E-state index in [2.05, 4.69) is 11.9 Å². The van der Waals surface area contributed by atoms with Crippen LogP contribution in [0, 0.1) is 13.8 Å². The van der Waals surface area contributed by atoms with E-state index in [0.29, 0.717) is 6.04 Å². The molecule has 1 aromatic carbocycles. The number of hydrogen-bond acceptors (Lipinski definition) is 4. The van der Waals surface area contributed by atoms with Gasteiger partial charge in [0.25, 0.3) is 5.91 Å². The molecule has 5 nitrogen and oxygen atoms in total. The van der Waals surface area contributed by atoms with Crippen molar-refractivity contribution in [2.24, 2.45) is 0 Å². The maximum atomic E-state index is 12.9. The van der Waals surface area contributed by atoms with Gasteiger partial charge in [-0.25, -0.2) is 0 Å². The maximum Gasteiger partial charge on any atom is 0.253 e. The van der Waals surface area contributed by atoms with E-state index in [1.807, 2.05) is 30.9 Å². The Kier molecular flexibility index (Phi) is 4.60. The lowest BCUT2D eigenvalue weighted by molar-refractivity contribution is -0.0893. The minimum atomic E-state index is 0.108. The second-order valence-corrected chi connectivity index (χ2v) is 6.64. The first kappa shape index (κ1) is 16.3. The third kappa shape index (κ3) is 3.08. The molecule has 0 spiro atoms. The van der Waals surface area contributed by atoms with Gasteiger partial charge in [-0.3, -0.25) is 9.69 Å². The van der Waals surface area contributed by atoms with E-state index in [0.717, 1.165) is 55.1 Å². The molecule has 0 aliphatic carbocycles. The summed E-state index contributed by atoms with van der Waals surface area (Å²) in [5.74, 6) is 0.969. The molecule has 23 heavy (non-hydrogen) atoms. The summed E-state index contributed by atoms with van der Waals surface area (Å²) in [6, 6.07) is 4.17. The van der Waals surface area contributed by atoms with E-state index in [9.17, 15) is 4.79 Å². The monoisotopic (exact) mass is 318 g/mol. The Morgan fingerprint density at radius 3 is 2.61 bits per heavy atom. The van der Waals surface area contributed by atoms with Crippen LogP contribution in [0.15, 0.2) is 12.1 Å². The van der Waals surface area contributed by atoms with Gasteiger partial charge in [0.1, 0.15) is 5.75 Å². The molecule has 0 saturated carbocycles. The molecule has 126 valence electrons. The summed E-state index contributed by atoms with van der Waals surface area (Å²) in [6.07, 6.45) is 1.17. The van der Waals surface area contributed by atoms with Crippen LogP contribution >= 0.6 is 0 Å². The number of likely N-dealkylation sites (tertiary alicyclic amines) is 1. The summed E-state index contributed by atoms with van der Waals surface area (Å²) in [4.78, 5) is 17.2.